The minimum absolute atomic E-state index is 0.324. The molecule has 2 atom stereocenters. The number of hydrogen-bond donors (Lipinski definition) is 3. The standard InChI is InChI=1S/C14H18ClN3/c15-12-3-1-2-11(14(12)17)13(16)8-6-9-4-5-10(7-8)18-9/h1-3,8-10,16,18H,4-7,17H2. The van der Waals surface area contributed by atoms with Gasteiger partial charge in [0.05, 0.1) is 10.7 Å². The first-order chi connectivity index (χ1) is 8.65. The average Bonchev–Trinajstić information content (AvgIpc) is 2.71. The summed E-state index contributed by atoms with van der Waals surface area (Å²) < 4.78 is 0. The Bertz CT molecular complexity index is 474. The van der Waals surface area contributed by atoms with Gasteiger partial charge in [-0.2, -0.15) is 0 Å². The Hall–Kier alpha value is -1.06. The van der Waals surface area contributed by atoms with E-state index in [0.717, 1.165) is 18.4 Å². The van der Waals surface area contributed by atoms with Gasteiger partial charge in [0.25, 0.3) is 0 Å². The molecule has 2 aliphatic heterocycles. The number of piperidine rings is 1. The number of hydrogen-bond acceptors (Lipinski definition) is 3. The van der Waals surface area contributed by atoms with Gasteiger partial charge in [-0.3, -0.25) is 0 Å². The van der Waals surface area contributed by atoms with Crippen LogP contribution in [0, 0.1) is 11.3 Å². The lowest BCUT2D eigenvalue weighted by molar-refractivity contribution is 0.358. The van der Waals surface area contributed by atoms with Crippen molar-refractivity contribution in [3.63, 3.8) is 0 Å². The molecule has 2 fully saturated rings. The Kier molecular flexibility index (Phi) is 3.04. The summed E-state index contributed by atoms with van der Waals surface area (Å²) in [6.07, 6.45) is 4.61. The molecule has 96 valence electrons. The Morgan fingerprint density at radius 2 is 1.94 bits per heavy atom. The Morgan fingerprint density at radius 3 is 2.61 bits per heavy atom. The van der Waals surface area contributed by atoms with Crippen LogP contribution in [0.5, 0.6) is 0 Å². The third-order valence-electron chi connectivity index (χ3n) is 4.22. The minimum atomic E-state index is 0.324. The smallest absolute Gasteiger partial charge is 0.0642 e. The van der Waals surface area contributed by atoms with E-state index in [-0.39, 0.29) is 0 Å². The molecule has 0 amide bonds. The predicted molar refractivity (Wildman–Crippen MR) is 75.4 cm³/mol. The summed E-state index contributed by atoms with van der Waals surface area (Å²) in [4.78, 5) is 0. The summed E-state index contributed by atoms with van der Waals surface area (Å²) in [5, 5.41) is 12.6. The summed E-state index contributed by atoms with van der Waals surface area (Å²) in [6, 6.07) is 6.75. The van der Waals surface area contributed by atoms with Gasteiger partial charge in [-0.25, -0.2) is 0 Å². The maximum absolute atomic E-state index is 8.40. The number of para-hydroxylation sites is 1. The van der Waals surface area contributed by atoms with Crippen molar-refractivity contribution in [1.29, 1.82) is 5.41 Å². The van der Waals surface area contributed by atoms with E-state index >= 15 is 0 Å². The molecule has 2 bridgehead atoms. The number of nitrogens with one attached hydrogen (secondary N) is 2. The second kappa shape index (κ2) is 4.56. The molecule has 0 aromatic heterocycles. The van der Waals surface area contributed by atoms with Crippen LogP contribution in [0.25, 0.3) is 0 Å². The molecule has 0 saturated carbocycles. The van der Waals surface area contributed by atoms with E-state index in [2.05, 4.69) is 5.32 Å². The summed E-state index contributed by atoms with van der Waals surface area (Å²) in [7, 11) is 0. The highest BCUT2D eigenvalue weighted by Gasteiger charge is 2.35. The summed E-state index contributed by atoms with van der Waals surface area (Å²) in [5.74, 6) is 0.324. The molecule has 2 unspecified atom stereocenters. The lowest BCUT2D eigenvalue weighted by atomic mass is 9.85. The zero-order valence-corrected chi connectivity index (χ0v) is 11.0. The second-order valence-electron chi connectivity index (χ2n) is 5.42. The molecular formula is C14H18ClN3. The first-order valence-corrected chi connectivity index (χ1v) is 6.92. The summed E-state index contributed by atoms with van der Waals surface area (Å²) >= 11 is 6.03. The van der Waals surface area contributed by atoms with Crippen molar-refractivity contribution in [3.05, 3.63) is 28.8 Å². The van der Waals surface area contributed by atoms with Gasteiger partial charge in [0.1, 0.15) is 0 Å². The fraction of sp³-hybridized carbons (Fsp3) is 0.500. The number of rotatable bonds is 2. The van der Waals surface area contributed by atoms with E-state index in [0.29, 0.717) is 34.4 Å². The zero-order chi connectivity index (χ0) is 12.7. The molecule has 1 aromatic rings. The van der Waals surface area contributed by atoms with Gasteiger partial charge in [-0.05, 0) is 31.7 Å². The Labute approximate surface area is 112 Å². The maximum Gasteiger partial charge on any atom is 0.0642 e. The van der Waals surface area contributed by atoms with Crippen LogP contribution in [-0.4, -0.2) is 17.8 Å². The van der Waals surface area contributed by atoms with Gasteiger partial charge in [-0.1, -0.05) is 23.7 Å². The van der Waals surface area contributed by atoms with E-state index in [9.17, 15) is 0 Å². The fourth-order valence-electron chi connectivity index (χ4n) is 3.28. The largest absolute Gasteiger partial charge is 0.397 e. The topological polar surface area (TPSA) is 61.9 Å². The Balaban J connectivity index is 1.84. The van der Waals surface area contributed by atoms with Crippen LogP contribution in [0.4, 0.5) is 5.69 Å². The molecule has 3 rings (SSSR count). The fourth-order valence-corrected chi connectivity index (χ4v) is 3.46. The van der Waals surface area contributed by atoms with Crippen molar-refractivity contribution in [2.75, 3.05) is 5.73 Å². The van der Waals surface area contributed by atoms with Crippen LogP contribution in [0.3, 0.4) is 0 Å². The third kappa shape index (κ3) is 2.02. The van der Waals surface area contributed by atoms with Crippen molar-refractivity contribution >= 4 is 23.0 Å². The third-order valence-corrected chi connectivity index (χ3v) is 4.55. The molecule has 0 radical (unpaired) electrons. The lowest BCUT2D eigenvalue weighted by Crippen LogP contribution is -2.40. The highest BCUT2D eigenvalue weighted by Crippen LogP contribution is 2.34. The first-order valence-electron chi connectivity index (χ1n) is 6.54. The van der Waals surface area contributed by atoms with Gasteiger partial charge in [0.2, 0.25) is 0 Å². The van der Waals surface area contributed by atoms with Crippen molar-refractivity contribution in [3.8, 4) is 0 Å². The number of nitrogen functional groups attached to an aromatic ring is 1. The number of nitrogens with two attached hydrogens (primary N) is 1. The van der Waals surface area contributed by atoms with E-state index < -0.39 is 0 Å². The molecule has 0 aliphatic carbocycles. The van der Waals surface area contributed by atoms with Crippen LogP contribution in [0.15, 0.2) is 18.2 Å². The van der Waals surface area contributed by atoms with Crippen LogP contribution in [0.1, 0.15) is 31.2 Å². The lowest BCUT2D eigenvalue weighted by Gasteiger charge is -2.30. The molecule has 4 heteroatoms. The predicted octanol–water partition coefficient (Wildman–Crippen LogP) is 2.82. The van der Waals surface area contributed by atoms with Gasteiger partial charge in [-0.15, -0.1) is 0 Å². The highest BCUT2D eigenvalue weighted by atomic mass is 35.5. The van der Waals surface area contributed by atoms with Crippen LogP contribution in [0.2, 0.25) is 5.02 Å². The zero-order valence-electron chi connectivity index (χ0n) is 10.2. The van der Waals surface area contributed by atoms with Gasteiger partial charge >= 0.3 is 0 Å². The Morgan fingerprint density at radius 1 is 1.28 bits per heavy atom. The van der Waals surface area contributed by atoms with Gasteiger partial charge in [0, 0.05) is 29.3 Å². The van der Waals surface area contributed by atoms with E-state index in [1.807, 2.05) is 12.1 Å². The normalized spacial score (nSPS) is 30.4. The SMILES string of the molecule is N=C(c1cccc(Cl)c1N)C1CC2CCC(C1)N2. The number of halogens is 1. The number of fused-ring (bicyclic) bond motifs is 2. The van der Waals surface area contributed by atoms with E-state index in [1.54, 1.807) is 6.07 Å². The monoisotopic (exact) mass is 263 g/mol. The second-order valence-corrected chi connectivity index (χ2v) is 5.83. The summed E-state index contributed by atoms with van der Waals surface area (Å²) in [6.45, 7) is 0. The van der Waals surface area contributed by atoms with Gasteiger partial charge in [0.15, 0.2) is 0 Å². The molecule has 2 heterocycles. The molecule has 0 spiro atoms. The van der Waals surface area contributed by atoms with Crippen LogP contribution >= 0.6 is 11.6 Å². The van der Waals surface area contributed by atoms with Gasteiger partial charge < -0.3 is 16.5 Å². The maximum atomic E-state index is 8.40. The van der Waals surface area contributed by atoms with Crippen molar-refractivity contribution in [2.24, 2.45) is 5.92 Å². The summed E-state index contributed by atoms with van der Waals surface area (Å²) in [5.41, 5.74) is 8.01. The molecular weight excluding hydrogens is 246 g/mol. The molecule has 3 nitrogen and oxygen atoms in total. The highest BCUT2D eigenvalue weighted by molar-refractivity contribution is 6.34. The average molecular weight is 264 g/mol. The minimum Gasteiger partial charge on any atom is -0.397 e. The molecule has 18 heavy (non-hydrogen) atoms. The molecule has 4 N–H and O–H groups in total. The quantitative estimate of drug-likeness (QED) is 0.568. The van der Waals surface area contributed by atoms with E-state index in [4.69, 9.17) is 22.7 Å². The molecule has 2 saturated heterocycles. The van der Waals surface area contributed by atoms with Crippen LogP contribution in [-0.2, 0) is 0 Å². The molecule has 2 aliphatic rings. The van der Waals surface area contributed by atoms with Crippen molar-refractivity contribution in [1.82, 2.24) is 5.32 Å². The number of anilines is 1. The van der Waals surface area contributed by atoms with E-state index in [1.165, 1.54) is 12.8 Å². The van der Waals surface area contributed by atoms with Crippen molar-refractivity contribution < 1.29 is 0 Å². The van der Waals surface area contributed by atoms with Crippen LogP contribution < -0.4 is 11.1 Å². The molecule has 1 aromatic carbocycles. The first kappa shape index (κ1) is 12.0. The van der Waals surface area contributed by atoms with Crippen molar-refractivity contribution in [2.45, 2.75) is 37.8 Å². The number of benzene rings is 1.